The lowest BCUT2D eigenvalue weighted by molar-refractivity contribution is 0.194. The van der Waals surface area contributed by atoms with Crippen LogP contribution in [0.15, 0.2) is 48.5 Å². The van der Waals surface area contributed by atoms with Gasteiger partial charge in [-0.25, -0.2) is 14.8 Å². The van der Waals surface area contributed by atoms with Crippen molar-refractivity contribution in [2.45, 2.75) is 26.3 Å². The fraction of sp³-hybridized carbons (Fsp3) is 0.269. The van der Waals surface area contributed by atoms with Gasteiger partial charge >= 0.3 is 6.09 Å². The second-order valence-electron chi connectivity index (χ2n) is 8.05. The van der Waals surface area contributed by atoms with Gasteiger partial charge in [0, 0.05) is 27.8 Å². The monoisotopic (exact) mass is 492 g/mol. The Morgan fingerprint density at radius 3 is 2.57 bits per heavy atom. The number of aromatic nitrogens is 2. The zero-order chi connectivity index (χ0) is 24.9. The highest BCUT2D eigenvalue weighted by atomic mass is 32.1. The summed E-state index contributed by atoms with van der Waals surface area (Å²) in [6.45, 7) is 4.34. The maximum absolute atomic E-state index is 10.8. The number of aryl methyl sites for hydroxylation is 1. The van der Waals surface area contributed by atoms with E-state index in [2.05, 4.69) is 45.7 Å². The minimum atomic E-state index is -1.01. The first kappa shape index (κ1) is 24.3. The number of thiophene rings is 1. The van der Waals surface area contributed by atoms with Crippen LogP contribution in [0.4, 0.5) is 10.6 Å². The lowest BCUT2D eigenvalue weighted by atomic mass is 10.0. The molecule has 0 aliphatic heterocycles. The average Bonchev–Trinajstić information content (AvgIpc) is 3.33. The fourth-order valence-corrected chi connectivity index (χ4v) is 5.04. The first-order valence-corrected chi connectivity index (χ1v) is 12.0. The van der Waals surface area contributed by atoms with Crippen LogP contribution in [0.1, 0.15) is 29.2 Å². The summed E-state index contributed by atoms with van der Waals surface area (Å²) in [7, 11) is 3.21. The van der Waals surface area contributed by atoms with E-state index in [4.69, 9.17) is 14.6 Å². The topological polar surface area (TPSA) is 106 Å². The smallest absolute Gasteiger partial charge is 0.404 e. The van der Waals surface area contributed by atoms with Gasteiger partial charge in [0.1, 0.15) is 11.6 Å². The minimum Gasteiger partial charge on any atom is -0.493 e. The molecule has 0 fully saturated rings. The van der Waals surface area contributed by atoms with Crippen LogP contribution in [0, 0.1) is 6.92 Å². The first-order valence-electron chi connectivity index (χ1n) is 11.2. The van der Waals surface area contributed by atoms with Crippen LogP contribution in [-0.4, -0.2) is 41.9 Å². The van der Waals surface area contributed by atoms with Gasteiger partial charge in [-0.15, -0.1) is 11.3 Å². The van der Waals surface area contributed by atoms with Crippen molar-refractivity contribution >= 4 is 34.2 Å². The molecule has 4 rings (SSSR count). The number of carbonyl (C=O) groups is 1. The summed E-state index contributed by atoms with van der Waals surface area (Å²) < 4.78 is 10.9. The average molecular weight is 493 g/mol. The normalized spacial score (nSPS) is 11.8. The molecule has 182 valence electrons. The van der Waals surface area contributed by atoms with Crippen molar-refractivity contribution in [3.63, 3.8) is 0 Å². The summed E-state index contributed by atoms with van der Waals surface area (Å²) >= 11 is 1.70. The molecule has 2 heterocycles. The van der Waals surface area contributed by atoms with E-state index in [9.17, 15) is 4.79 Å². The SMILES string of the molecule is COc1cc2nc(C)nc(NC(C)c3ccc(-c4ccccc4CCNC(=O)O)s3)c2cc1OC. The zero-order valence-electron chi connectivity index (χ0n) is 20.1. The quantitative estimate of drug-likeness (QED) is 0.277. The van der Waals surface area contributed by atoms with Gasteiger partial charge in [-0.05, 0) is 49.6 Å². The molecular formula is C26H28N4O4S. The second-order valence-corrected chi connectivity index (χ2v) is 9.17. The number of anilines is 1. The van der Waals surface area contributed by atoms with Crippen molar-refractivity contribution in [2.24, 2.45) is 0 Å². The van der Waals surface area contributed by atoms with E-state index in [1.807, 2.05) is 37.3 Å². The van der Waals surface area contributed by atoms with Crippen molar-refractivity contribution in [3.05, 3.63) is 64.8 Å². The Bertz CT molecular complexity index is 1350. The van der Waals surface area contributed by atoms with Crippen molar-refractivity contribution in [1.29, 1.82) is 0 Å². The number of hydrogen-bond acceptors (Lipinski definition) is 7. The van der Waals surface area contributed by atoms with Gasteiger partial charge < -0.3 is 25.2 Å². The Kier molecular flexibility index (Phi) is 7.36. The Labute approximate surface area is 208 Å². The summed E-state index contributed by atoms with van der Waals surface area (Å²) in [5.74, 6) is 2.64. The second kappa shape index (κ2) is 10.6. The van der Waals surface area contributed by atoms with E-state index >= 15 is 0 Å². The predicted octanol–water partition coefficient (Wildman–Crippen LogP) is 5.67. The molecule has 8 nitrogen and oxygen atoms in total. The van der Waals surface area contributed by atoms with Crippen LogP contribution in [0.5, 0.6) is 11.5 Å². The Morgan fingerprint density at radius 1 is 1.09 bits per heavy atom. The van der Waals surface area contributed by atoms with Gasteiger partial charge in [0.25, 0.3) is 0 Å². The van der Waals surface area contributed by atoms with Gasteiger partial charge in [0.2, 0.25) is 0 Å². The molecule has 2 aromatic carbocycles. The molecule has 0 aliphatic carbocycles. The van der Waals surface area contributed by atoms with Crippen molar-refractivity contribution in [2.75, 3.05) is 26.1 Å². The standard InChI is InChI=1S/C26H28N4O4S/c1-15(28-25-19-13-21(33-3)22(34-4)14-20(19)29-16(2)30-25)23-9-10-24(35-23)18-8-6-5-7-17(18)11-12-27-26(31)32/h5-10,13-15,27H,11-12H2,1-4H3,(H,31,32)(H,28,29,30). The summed E-state index contributed by atoms with van der Waals surface area (Å²) in [4.78, 5) is 22.3. The molecule has 4 aromatic rings. The first-order chi connectivity index (χ1) is 16.9. The number of amides is 1. The van der Waals surface area contributed by atoms with E-state index in [0.29, 0.717) is 30.3 Å². The number of rotatable bonds is 9. The molecule has 1 atom stereocenters. The molecule has 0 aliphatic rings. The fourth-order valence-electron chi connectivity index (χ4n) is 3.97. The number of hydrogen-bond donors (Lipinski definition) is 3. The van der Waals surface area contributed by atoms with Gasteiger partial charge in [0.15, 0.2) is 11.5 Å². The highest BCUT2D eigenvalue weighted by Crippen LogP contribution is 2.37. The maximum atomic E-state index is 10.8. The molecule has 2 aromatic heterocycles. The number of benzene rings is 2. The van der Waals surface area contributed by atoms with Crippen molar-refractivity contribution in [3.8, 4) is 21.9 Å². The van der Waals surface area contributed by atoms with Gasteiger partial charge in [-0.2, -0.15) is 0 Å². The Balaban J connectivity index is 1.60. The van der Waals surface area contributed by atoms with Crippen LogP contribution in [0.25, 0.3) is 21.3 Å². The largest absolute Gasteiger partial charge is 0.493 e. The van der Waals surface area contributed by atoms with E-state index in [1.165, 1.54) is 0 Å². The molecule has 0 bridgehead atoms. The highest BCUT2D eigenvalue weighted by molar-refractivity contribution is 7.15. The molecule has 0 saturated heterocycles. The third-order valence-electron chi connectivity index (χ3n) is 5.67. The van der Waals surface area contributed by atoms with Crippen molar-refractivity contribution in [1.82, 2.24) is 15.3 Å². The van der Waals surface area contributed by atoms with Gasteiger partial charge in [-0.3, -0.25) is 0 Å². The van der Waals surface area contributed by atoms with Crippen LogP contribution < -0.4 is 20.1 Å². The molecule has 9 heteroatoms. The lowest BCUT2D eigenvalue weighted by Gasteiger charge is -2.16. The number of carboxylic acid groups (broad SMARTS) is 1. The van der Waals surface area contributed by atoms with E-state index in [1.54, 1.807) is 25.6 Å². The maximum Gasteiger partial charge on any atom is 0.404 e. The molecule has 35 heavy (non-hydrogen) atoms. The third-order valence-corrected chi connectivity index (χ3v) is 6.97. The number of methoxy groups -OCH3 is 2. The molecule has 3 N–H and O–H groups in total. The Hall–Kier alpha value is -3.85. The predicted molar refractivity (Wildman–Crippen MR) is 139 cm³/mol. The number of fused-ring (bicyclic) bond motifs is 1. The molecule has 1 amide bonds. The molecule has 1 unspecified atom stereocenters. The van der Waals surface area contributed by atoms with E-state index < -0.39 is 6.09 Å². The summed E-state index contributed by atoms with van der Waals surface area (Å²) in [6, 6.07) is 16.1. The van der Waals surface area contributed by atoms with Crippen LogP contribution in [0.3, 0.4) is 0 Å². The number of nitrogens with one attached hydrogen (secondary N) is 2. The van der Waals surface area contributed by atoms with Gasteiger partial charge in [0.05, 0.1) is 25.8 Å². The summed E-state index contributed by atoms with van der Waals surface area (Å²) in [6.07, 6.45) is -0.384. The van der Waals surface area contributed by atoms with Crippen LogP contribution in [-0.2, 0) is 6.42 Å². The number of ether oxygens (including phenoxy) is 2. The highest BCUT2D eigenvalue weighted by Gasteiger charge is 2.16. The molecular weight excluding hydrogens is 464 g/mol. The lowest BCUT2D eigenvalue weighted by Crippen LogP contribution is -2.23. The van der Waals surface area contributed by atoms with Crippen LogP contribution >= 0.6 is 11.3 Å². The van der Waals surface area contributed by atoms with Crippen LogP contribution in [0.2, 0.25) is 0 Å². The molecule has 0 saturated carbocycles. The minimum absolute atomic E-state index is 0.000172. The summed E-state index contributed by atoms with van der Waals surface area (Å²) in [5.41, 5.74) is 3.00. The number of nitrogens with zero attached hydrogens (tertiary/aromatic N) is 2. The summed E-state index contributed by atoms with van der Waals surface area (Å²) in [5, 5.41) is 15.7. The molecule has 0 spiro atoms. The van der Waals surface area contributed by atoms with E-state index in [0.717, 1.165) is 37.6 Å². The third kappa shape index (κ3) is 5.46. The Morgan fingerprint density at radius 2 is 1.83 bits per heavy atom. The van der Waals surface area contributed by atoms with E-state index in [-0.39, 0.29) is 6.04 Å². The van der Waals surface area contributed by atoms with Gasteiger partial charge in [-0.1, -0.05) is 24.3 Å². The zero-order valence-corrected chi connectivity index (χ0v) is 20.9. The van der Waals surface area contributed by atoms with Crippen molar-refractivity contribution < 1.29 is 19.4 Å². The molecule has 0 radical (unpaired) electrons.